The van der Waals surface area contributed by atoms with Crippen molar-refractivity contribution < 1.29 is 23.8 Å². The number of piperidine rings is 1. The summed E-state index contributed by atoms with van der Waals surface area (Å²) in [7, 11) is 1.31. The van der Waals surface area contributed by atoms with Crippen molar-refractivity contribution in [3.05, 3.63) is 53.9 Å². The number of rotatable bonds is 4. The van der Waals surface area contributed by atoms with Gasteiger partial charge < -0.3 is 24.4 Å². The van der Waals surface area contributed by atoms with Crippen LogP contribution < -0.4 is 10.2 Å². The van der Waals surface area contributed by atoms with E-state index in [0.29, 0.717) is 30.2 Å². The molecule has 1 amide bonds. The lowest BCUT2D eigenvalue weighted by Gasteiger charge is -2.38. The van der Waals surface area contributed by atoms with Gasteiger partial charge in [-0.15, -0.1) is 0 Å². The highest BCUT2D eigenvalue weighted by Crippen LogP contribution is 2.33. The number of carbonyl (C=O) groups is 2. The highest BCUT2D eigenvalue weighted by molar-refractivity contribution is 6.03. The summed E-state index contributed by atoms with van der Waals surface area (Å²) in [6.45, 7) is 2.95. The highest BCUT2D eigenvalue weighted by Gasteiger charge is 2.39. The first-order valence-corrected chi connectivity index (χ1v) is 9.57. The predicted octanol–water partition coefficient (Wildman–Crippen LogP) is 2.46. The lowest BCUT2D eigenvalue weighted by Crippen LogP contribution is -2.45. The molecule has 0 atom stereocenters. The molecule has 0 aliphatic carbocycles. The zero-order valence-electron chi connectivity index (χ0n) is 16.2. The van der Waals surface area contributed by atoms with E-state index < -0.39 is 11.8 Å². The monoisotopic (exact) mass is 397 g/mol. The molecule has 1 N–H and O–H groups in total. The van der Waals surface area contributed by atoms with Crippen LogP contribution in [-0.2, 0) is 14.2 Å². The van der Waals surface area contributed by atoms with Crippen LogP contribution >= 0.6 is 0 Å². The molecule has 3 heterocycles. The van der Waals surface area contributed by atoms with Crippen molar-refractivity contribution in [1.82, 2.24) is 4.98 Å². The minimum absolute atomic E-state index is 0.299. The van der Waals surface area contributed by atoms with Crippen LogP contribution in [0.4, 0.5) is 11.4 Å². The van der Waals surface area contributed by atoms with Gasteiger partial charge in [0.2, 0.25) is 0 Å². The van der Waals surface area contributed by atoms with Crippen molar-refractivity contribution in [3.8, 4) is 0 Å². The van der Waals surface area contributed by atoms with Crippen molar-refractivity contribution in [2.75, 3.05) is 43.6 Å². The number of anilines is 2. The number of aromatic nitrogens is 1. The molecule has 0 bridgehead atoms. The molecule has 29 heavy (non-hydrogen) atoms. The van der Waals surface area contributed by atoms with Crippen LogP contribution in [0.25, 0.3) is 0 Å². The number of hydrogen-bond donors (Lipinski definition) is 1. The fourth-order valence-electron chi connectivity index (χ4n) is 3.64. The Morgan fingerprint density at radius 2 is 1.90 bits per heavy atom. The van der Waals surface area contributed by atoms with E-state index in [1.165, 1.54) is 7.11 Å². The number of methoxy groups -OCH3 is 1. The van der Waals surface area contributed by atoms with Crippen molar-refractivity contribution in [3.63, 3.8) is 0 Å². The van der Waals surface area contributed by atoms with Crippen LogP contribution in [0, 0.1) is 0 Å². The summed E-state index contributed by atoms with van der Waals surface area (Å²) in [4.78, 5) is 30.6. The number of ether oxygens (including phenoxy) is 3. The Hall–Kier alpha value is -2.97. The van der Waals surface area contributed by atoms with E-state index in [1.54, 1.807) is 36.5 Å². The summed E-state index contributed by atoms with van der Waals surface area (Å²) in [6.07, 6.45) is 3.33. The van der Waals surface area contributed by atoms with Gasteiger partial charge >= 0.3 is 5.97 Å². The molecule has 1 aromatic carbocycles. The van der Waals surface area contributed by atoms with E-state index in [-0.39, 0.29) is 5.91 Å². The molecule has 2 aromatic rings. The van der Waals surface area contributed by atoms with Gasteiger partial charge in [-0.25, -0.2) is 9.78 Å². The van der Waals surface area contributed by atoms with Gasteiger partial charge in [-0.2, -0.15) is 0 Å². The number of carbonyl (C=O) groups excluding carboxylic acids is 2. The standard InChI is InChI=1S/C21H23N3O5/c1-27-20(26)15-3-2-4-16(13-15)23-19(25)18-6-5-17(14-22-18)24-9-7-21(8-10-24)28-11-12-29-21/h2-6,13-14H,7-12H2,1H3,(H,23,25). The third-order valence-corrected chi connectivity index (χ3v) is 5.23. The van der Waals surface area contributed by atoms with E-state index in [0.717, 1.165) is 31.6 Å². The van der Waals surface area contributed by atoms with Gasteiger partial charge in [-0.3, -0.25) is 4.79 Å². The first-order chi connectivity index (χ1) is 14.1. The summed E-state index contributed by atoms with van der Waals surface area (Å²) in [5.41, 5.74) is 2.13. The van der Waals surface area contributed by atoms with E-state index in [2.05, 4.69) is 15.2 Å². The van der Waals surface area contributed by atoms with E-state index >= 15 is 0 Å². The summed E-state index contributed by atoms with van der Waals surface area (Å²) < 4.78 is 16.2. The molecular formula is C21H23N3O5. The SMILES string of the molecule is COC(=O)c1cccc(NC(=O)c2ccc(N3CCC4(CC3)OCCO4)cn2)c1. The predicted molar refractivity (Wildman–Crippen MR) is 106 cm³/mol. The quantitative estimate of drug-likeness (QED) is 0.793. The van der Waals surface area contributed by atoms with Gasteiger partial charge in [0.25, 0.3) is 5.91 Å². The molecule has 0 saturated carbocycles. The molecule has 8 nitrogen and oxygen atoms in total. The number of benzene rings is 1. The minimum Gasteiger partial charge on any atom is -0.465 e. The first-order valence-electron chi connectivity index (χ1n) is 9.57. The topological polar surface area (TPSA) is 90.0 Å². The van der Waals surface area contributed by atoms with Gasteiger partial charge in [-0.1, -0.05) is 6.07 Å². The minimum atomic E-state index is -0.458. The van der Waals surface area contributed by atoms with Crippen LogP contribution in [0.3, 0.4) is 0 Å². The second-order valence-electron chi connectivity index (χ2n) is 7.02. The Balaban J connectivity index is 1.38. The van der Waals surface area contributed by atoms with Crippen molar-refractivity contribution in [1.29, 1.82) is 0 Å². The maximum atomic E-state index is 12.5. The molecule has 2 aliphatic rings. The molecule has 2 aliphatic heterocycles. The van der Waals surface area contributed by atoms with Crippen molar-refractivity contribution >= 4 is 23.3 Å². The average Bonchev–Trinajstić information content (AvgIpc) is 3.22. The zero-order valence-corrected chi connectivity index (χ0v) is 16.2. The maximum Gasteiger partial charge on any atom is 0.337 e. The number of hydrogen-bond acceptors (Lipinski definition) is 7. The molecule has 4 rings (SSSR count). The van der Waals surface area contributed by atoms with Crippen LogP contribution in [0.15, 0.2) is 42.6 Å². The lowest BCUT2D eigenvalue weighted by atomic mass is 10.0. The van der Waals surface area contributed by atoms with Gasteiger partial charge in [0.05, 0.1) is 37.8 Å². The number of esters is 1. The van der Waals surface area contributed by atoms with Crippen LogP contribution in [0.1, 0.15) is 33.7 Å². The second kappa shape index (κ2) is 8.18. The Labute approximate surface area is 168 Å². The van der Waals surface area contributed by atoms with Crippen molar-refractivity contribution in [2.45, 2.75) is 18.6 Å². The summed E-state index contributed by atoms with van der Waals surface area (Å²) in [5.74, 6) is -1.22. The highest BCUT2D eigenvalue weighted by atomic mass is 16.7. The molecule has 2 saturated heterocycles. The number of nitrogens with zero attached hydrogens (tertiary/aromatic N) is 2. The van der Waals surface area contributed by atoms with Crippen LogP contribution in [0.5, 0.6) is 0 Å². The number of amides is 1. The third kappa shape index (κ3) is 4.23. The van der Waals surface area contributed by atoms with Crippen LogP contribution in [-0.4, -0.2) is 56.1 Å². The molecule has 0 unspecified atom stereocenters. The van der Waals surface area contributed by atoms with Gasteiger partial charge in [0, 0.05) is 31.6 Å². The van der Waals surface area contributed by atoms with E-state index in [1.807, 2.05) is 6.07 Å². The molecule has 8 heteroatoms. The number of pyridine rings is 1. The molecule has 2 fully saturated rings. The third-order valence-electron chi connectivity index (χ3n) is 5.23. The van der Waals surface area contributed by atoms with E-state index in [9.17, 15) is 9.59 Å². The average molecular weight is 397 g/mol. The molecule has 0 radical (unpaired) electrons. The van der Waals surface area contributed by atoms with Gasteiger partial charge in [0.1, 0.15) is 5.69 Å². The molecular weight excluding hydrogens is 374 g/mol. The van der Waals surface area contributed by atoms with Gasteiger partial charge in [0.15, 0.2) is 5.79 Å². The summed E-state index contributed by atoms with van der Waals surface area (Å²) >= 11 is 0. The van der Waals surface area contributed by atoms with Crippen LogP contribution in [0.2, 0.25) is 0 Å². The summed E-state index contributed by atoms with van der Waals surface area (Å²) in [6, 6.07) is 10.2. The zero-order chi connectivity index (χ0) is 20.3. The fraction of sp³-hybridized carbons (Fsp3) is 0.381. The number of nitrogens with one attached hydrogen (secondary N) is 1. The Kier molecular flexibility index (Phi) is 5.46. The Morgan fingerprint density at radius 1 is 1.14 bits per heavy atom. The summed E-state index contributed by atoms with van der Waals surface area (Å²) in [5, 5.41) is 2.75. The van der Waals surface area contributed by atoms with E-state index in [4.69, 9.17) is 14.2 Å². The van der Waals surface area contributed by atoms with Gasteiger partial charge in [-0.05, 0) is 30.3 Å². The largest absolute Gasteiger partial charge is 0.465 e. The molecule has 152 valence electrons. The second-order valence-corrected chi connectivity index (χ2v) is 7.02. The fourth-order valence-corrected chi connectivity index (χ4v) is 3.64. The normalized spacial score (nSPS) is 17.9. The smallest absolute Gasteiger partial charge is 0.337 e. The maximum absolute atomic E-state index is 12.5. The molecule has 1 spiro atoms. The lowest BCUT2D eigenvalue weighted by molar-refractivity contribution is -0.169. The first kappa shape index (κ1) is 19.4. The molecule has 1 aromatic heterocycles. The Bertz CT molecular complexity index is 883. The Morgan fingerprint density at radius 3 is 2.55 bits per heavy atom. The van der Waals surface area contributed by atoms with Crippen molar-refractivity contribution in [2.24, 2.45) is 0 Å².